The van der Waals surface area contributed by atoms with Gasteiger partial charge in [0.1, 0.15) is 5.82 Å². The third-order valence-corrected chi connectivity index (χ3v) is 3.35. The Labute approximate surface area is 115 Å². The zero-order chi connectivity index (χ0) is 12.4. The van der Waals surface area contributed by atoms with Crippen molar-refractivity contribution >= 4 is 48.9 Å². The van der Waals surface area contributed by atoms with Gasteiger partial charge < -0.3 is 11.1 Å². The molecule has 2 aromatic carbocycles. The molecule has 0 spiro atoms. The smallest absolute Gasteiger partial charge is 0.139 e. The Morgan fingerprint density at radius 3 is 2.47 bits per heavy atom. The highest BCUT2D eigenvalue weighted by Crippen LogP contribution is 2.27. The highest BCUT2D eigenvalue weighted by molar-refractivity contribution is 9.10. The van der Waals surface area contributed by atoms with Crippen molar-refractivity contribution in [1.29, 1.82) is 0 Å². The lowest BCUT2D eigenvalue weighted by molar-refractivity contribution is 0.622. The molecule has 2 rings (SSSR count). The Kier molecular flexibility index (Phi) is 3.69. The van der Waals surface area contributed by atoms with Crippen LogP contribution in [0.3, 0.4) is 0 Å². The van der Waals surface area contributed by atoms with Gasteiger partial charge in [-0.3, -0.25) is 0 Å². The second-order valence-corrected chi connectivity index (χ2v) is 5.26. The molecule has 0 saturated carbocycles. The van der Waals surface area contributed by atoms with Crippen LogP contribution in [0.25, 0.3) is 0 Å². The quantitative estimate of drug-likeness (QED) is 0.764. The lowest BCUT2D eigenvalue weighted by Crippen LogP contribution is -1.96. The largest absolute Gasteiger partial charge is 0.397 e. The molecule has 0 heterocycles. The van der Waals surface area contributed by atoms with Crippen molar-refractivity contribution in [3.63, 3.8) is 0 Å². The van der Waals surface area contributed by atoms with E-state index in [1.165, 1.54) is 6.07 Å². The highest BCUT2D eigenvalue weighted by atomic mass is 79.9. The number of halogens is 3. The molecule has 0 aliphatic rings. The summed E-state index contributed by atoms with van der Waals surface area (Å²) in [6, 6.07) is 10.3. The predicted molar refractivity (Wildman–Crippen MR) is 75.9 cm³/mol. The van der Waals surface area contributed by atoms with Gasteiger partial charge in [0.25, 0.3) is 0 Å². The average Bonchev–Trinajstić information content (AvgIpc) is 2.27. The van der Waals surface area contributed by atoms with Gasteiger partial charge in [-0.2, -0.15) is 0 Å². The molecule has 2 nitrogen and oxygen atoms in total. The molecule has 3 N–H and O–H groups in total. The van der Waals surface area contributed by atoms with Crippen molar-refractivity contribution in [1.82, 2.24) is 0 Å². The molecule has 0 aliphatic heterocycles. The number of anilines is 3. The van der Waals surface area contributed by atoms with Crippen LogP contribution in [0.5, 0.6) is 0 Å². The summed E-state index contributed by atoms with van der Waals surface area (Å²) in [6.45, 7) is 0. The van der Waals surface area contributed by atoms with Crippen molar-refractivity contribution in [2.45, 2.75) is 0 Å². The van der Waals surface area contributed by atoms with Gasteiger partial charge in [0.15, 0.2) is 0 Å². The molecule has 0 radical (unpaired) electrons. The molecule has 0 atom stereocenters. The fourth-order valence-corrected chi connectivity index (χ4v) is 2.00. The van der Waals surface area contributed by atoms with Gasteiger partial charge in [-0.25, -0.2) is 4.39 Å². The monoisotopic (exact) mass is 358 g/mol. The number of nitrogens with two attached hydrogens (primary N) is 1. The minimum atomic E-state index is -0.314. The van der Waals surface area contributed by atoms with Crippen LogP contribution in [0.4, 0.5) is 21.5 Å². The van der Waals surface area contributed by atoms with E-state index in [1.54, 1.807) is 18.2 Å². The first-order valence-electron chi connectivity index (χ1n) is 4.83. The maximum absolute atomic E-state index is 13.3. The Morgan fingerprint density at radius 1 is 1.06 bits per heavy atom. The molecule has 0 amide bonds. The molecule has 0 fully saturated rings. The third kappa shape index (κ3) is 2.98. The highest BCUT2D eigenvalue weighted by Gasteiger charge is 2.03. The number of rotatable bonds is 2. The molecule has 0 aliphatic carbocycles. The van der Waals surface area contributed by atoms with E-state index in [4.69, 9.17) is 5.73 Å². The fraction of sp³-hybridized carbons (Fsp3) is 0. The molecular weight excluding hydrogens is 351 g/mol. The van der Waals surface area contributed by atoms with Crippen LogP contribution >= 0.6 is 31.9 Å². The summed E-state index contributed by atoms with van der Waals surface area (Å²) < 4.78 is 14.7. The molecule has 0 unspecified atom stereocenters. The van der Waals surface area contributed by atoms with Crippen LogP contribution in [0, 0.1) is 5.82 Å². The van der Waals surface area contributed by atoms with E-state index < -0.39 is 0 Å². The number of hydrogen-bond acceptors (Lipinski definition) is 2. The summed E-state index contributed by atoms with van der Waals surface area (Å²) >= 11 is 6.43. The van der Waals surface area contributed by atoms with Gasteiger partial charge in [0.2, 0.25) is 0 Å². The van der Waals surface area contributed by atoms with Crippen molar-refractivity contribution < 1.29 is 4.39 Å². The lowest BCUT2D eigenvalue weighted by Gasteiger charge is -2.10. The van der Waals surface area contributed by atoms with Gasteiger partial charge in [-0.05, 0) is 52.3 Å². The van der Waals surface area contributed by atoms with Crippen LogP contribution in [-0.4, -0.2) is 0 Å². The maximum Gasteiger partial charge on any atom is 0.139 e. The second kappa shape index (κ2) is 5.06. The fourth-order valence-electron chi connectivity index (χ4n) is 1.38. The number of benzene rings is 2. The second-order valence-electron chi connectivity index (χ2n) is 3.49. The first kappa shape index (κ1) is 12.4. The van der Waals surface area contributed by atoms with E-state index in [0.717, 1.165) is 10.2 Å². The summed E-state index contributed by atoms with van der Waals surface area (Å²) in [7, 11) is 0. The van der Waals surface area contributed by atoms with Crippen LogP contribution in [0.1, 0.15) is 0 Å². The summed E-state index contributed by atoms with van der Waals surface area (Å²) in [5.74, 6) is -0.314. The van der Waals surface area contributed by atoms with E-state index in [9.17, 15) is 4.39 Å². The molecule has 0 bridgehead atoms. The molecule has 0 aromatic heterocycles. The topological polar surface area (TPSA) is 38.0 Å². The zero-order valence-electron chi connectivity index (χ0n) is 8.68. The van der Waals surface area contributed by atoms with Crippen LogP contribution in [0.15, 0.2) is 45.3 Å². The number of nitrogens with one attached hydrogen (secondary N) is 1. The van der Waals surface area contributed by atoms with Crippen molar-refractivity contribution in [3.05, 3.63) is 51.2 Å². The van der Waals surface area contributed by atoms with Crippen LogP contribution in [-0.2, 0) is 0 Å². The summed E-state index contributed by atoms with van der Waals surface area (Å²) in [5.41, 5.74) is 7.84. The normalized spacial score (nSPS) is 10.3. The van der Waals surface area contributed by atoms with E-state index >= 15 is 0 Å². The molecule has 0 saturated heterocycles. The van der Waals surface area contributed by atoms with Crippen molar-refractivity contribution in [2.24, 2.45) is 0 Å². The SMILES string of the molecule is Nc1cc(Br)ccc1Nc1ccc(Br)c(F)c1. The lowest BCUT2D eigenvalue weighted by atomic mass is 10.2. The van der Waals surface area contributed by atoms with Crippen molar-refractivity contribution in [3.8, 4) is 0 Å². The molecule has 17 heavy (non-hydrogen) atoms. The van der Waals surface area contributed by atoms with E-state index in [-0.39, 0.29) is 5.82 Å². The Hall–Kier alpha value is -1.07. The van der Waals surface area contributed by atoms with Crippen molar-refractivity contribution in [2.75, 3.05) is 11.1 Å². The Bertz CT molecular complexity index is 558. The molecule has 5 heteroatoms. The van der Waals surface area contributed by atoms with Gasteiger partial charge >= 0.3 is 0 Å². The Morgan fingerprint density at radius 2 is 1.82 bits per heavy atom. The van der Waals surface area contributed by atoms with Crippen LogP contribution < -0.4 is 11.1 Å². The zero-order valence-corrected chi connectivity index (χ0v) is 11.8. The Balaban J connectivity index is 2.28. The van der Waals surface area contributed by atoms with E-state index in [0.29, 0.717) is 15.8 Å². The van der Waals surface area contributed by atoms with Gasteiger partial charge in [0.05, 0.1) is 15.8 Å². The number of nitrogen functional groups attached to an aromatic ring is 1. The van der Waals surface area contributed by atoms with E-state index in [1.807, 2.05) is 12.1 Å². The standard InChI is InChI=1S/C12H9Br2FN2/c13-7-1-4-12(11(16)5-7)17-8-2-3-9(14)10(15)6-8/h1-6,17H,16H2. The summed E-state index contributed by atoms with van der Waals surface area (Å²) in [5, 5.41) is 3.06. The minimum absolute atomic E-state index is 0.314. The third-order valence-electron chi connectivity index (χ3n) is 2.21. The van der Waals surface area contributed by atoms with Gasteiger partial charge in [0, 0.05) is 10.2 Å². The first-order chi connectivity index (χ1) is 8.06. The van der Waals surface area contributed by atoms with Gasteiger partial charge in [-0.1, -0.05) is 15.9 Å². The van der Waals surface area contributed by atoms with Crippen LogP contribution in [0.2, 0.25) is 0 Å². The molecular formula is C12H9Br2FN2. The first-order valence-corrected chi connectivity index (χ1v) is 6.42. The molecule has 88 valence electrons. The molecule has 2 aromatic rings. The minimum Gasteiger partial charge on any atom is -0.397 e. The maximum atomic E-state index is 13.3. The average molecular weight is 360 g/mol. The van der Waals surface area contributed by atoms with E-state index in [2.05, 4.69) is 37.2 Å². The summed E-state index contributed by atoms with van der Waals surface area (Å²) in [6.07, 6.45) is 0. The predicted octanol–water partition coefficient (Wildman–Crippen LogP) is 4.68. The summed E-state index contributed by atoms with van der Waals surface area (Å²) in [4.78, 5) is 0. The number of hydrogen-bond donors (Lipinski definition) is 2. The van der Waals surface area contributed by atoms with Gasteiger partial charge in [-0.15, -0.1) is 0 Å².